The van der Waals surface area contributed by atoms with E-state index in [1.165, 1.54) is 0 Å². The van der Waals surface area contributed by atoms with Gasteiger partial charge >= 0.3 is 0 Å². The Balaban J connectivity index is 1.95. The van der Waals surface area contributed by atoms with Gasteiger partial charge in [0, 0.05) is 12.4 Å². The second kappa shape index (κ2) is 3.91. The van der Waals surface area contributed by atoms with Crippen molar-refractivity contribution < 1.29 is 0 Å². The van der Waals surface area contributed by atoms with E-state index in [9.17, 15) is 0 Å². The molecule has 0 aromatic carbocycles. The molecule has 14 heavy (non-hydrogen) atoms. The number of hydrogen-bond donors (Lipinski definition) is 2. The minimum atomic E-state index is 0.718. The molecule has 0 saturated carbocycles. The van der Waals surface area contributed by atoms with E-state index in [2.05, 4.69) is 20.3 Å². The molecular formula is C10H12N4. The second-order valence-corrected chi connectivity index (χ2v) is 3.15. The lowest BCUT2D eigenvalue weighted by molar-refractivity contribution is 1.05. The fourth-order valence-corrected chi connectivity index (χ4v) is 1.14. The molecule has 0 bridgehead atoms. The molecule has 2 aromatic rings. The van der Waals surface area contributed by atoms with Gasteiger partial charge < -0.3 is 10.3 Å². The third kappa shape index (κ3) is 2.10. The molecule has 0 aliphatic heterocycles. The van der Waals surface area contributed by atoms with Crippen LogP contribution in [-0.4, -0.2) is 15.0 Å². The van der Waals surface area contributed by atoms with Crippen molar-refractivity contribution >= 4 is 5.82 Å². The molecule has 2 rings (SSSR count). The predicted molar refractivity (Wildman–Crippen MR) is 54.9 cm³/mol. The average Bonchev–Trinajstić information content (AvgIpc) is 2.70. The Kier molecular flexibility index (Phi) is 2.44. The lowest BCUT2D eigenvalue weighted by atomic mass is 10.3. The Morgan fingerprint density at radius 1 is 1.36 bits per heavy atom. The summed E-state index contributed by atoms with van der Waals surface area (Å²) in [7, 11) is 0. The molecule has 0 radical (unpaired) electrons. The van der Waals surface area contributed by atoms with E-state index in [0.29, 0.717) is 0 Å². The number of aryl methyl sites for hydroxylation is 1. The minimum Gasteiger partial charge on any atom is -0.364 e. The van der Waals surface area contributed by atoms with Gasteiger partial charge in [-0.1, -0.05) is 6.07 Å². The fraction of sp³-hybridized carbons (Fsp3) is 0.200. The molecule has 0 fully saturated rings. The number of imidazole rings is 1. The number of hydrogen-bond acceptors (Lipinski definition) is 3. The van der Waals surface area contributed by atoms with E-state index in [0.717, 1.165) is 23.6 Å². The lowest BCUT2D eigenvalue weighted by Crippen LogP contribution is -2.01. The smallest absolute Gasteiger partial charge is 0.126 e. The van der Waals surface area contributed by atoms with E-state index < -0.39 is 0 Å². The molecule has 0 amide bonds. The third-order valence-corrected chi connectivity index (χ3v) is 1.93. The molecule has 0 saturated heterocycles. The van der Waals surface area contributed by atoms with Crippen LogP contribution in [0.4, 0.5) is 5.82 Å². The number of nitrogens with zero attached hydrogens (tertiary/aromatic N) is 2. The number of aromatic amines is 1. The van der Waals surface area contributed by atoms with Gasteiger partial charge in [-0.3, -0.25) is 0 Å². The SMILES string of the molecule is Cc1ccc(NCc2cnc[nH]2)nc1. The van der Waals surface area contributed by atoms with E-state index >= 15 is 0 Å². The second-order valence-electron chi connectivity index (χ2n) is 3.15. The summed E-state index contributed by atoms with van der Waals surface area (Å²) < 4.78 is 0. The summed E-state index contributed by atoms with van der Waals surface area (Å²) in [6.45, 7) is 2.74. The number of anilines is 1. The molecule has 0 aliphatic carbocycles. The molecule has 2 aromatic heterocycles. The Hall–Kier alpha value is -1.84. The highest BCUT2D eigenvalue weighted by Gasteiger charge is 1.94. The van der Waals surface area contributed by atoms with Crippen molar-refractivity contribution in [3.05, 3.63) is 42.1 Å². The van der Waals surface area contributed by atoms with Gasteiger partial charge in [0.2, 0.25) is 0 Å². The zero-order chi connectivity index (χ0) is 9.80. The van der Waals surface area contributed by atoms with Gasteiger partial charge in [-0.05, 0) is 18.6 Å². The lowest BCUT2D eigenvalue weighted by Gasteiger charge is -2.03. The van der Waals surface area contributed by atoms with E-state index in [-0.39, 0.29) is 0 Å². The van der Waals surface area contributed by atoms with Crippen LogP contribution in [0.2, 0.25) is 0 Å². The van der Waals surface area contributed by atoms with E-state index in [4.69, 9.17) is 0 Å². The van der Waals surface area contributed by atoms with Crippen LogP contribution in [0.5, 0.6) is 0 Å². The van der Waals surface area contributed by atoms with Gasteiger partial charge in [0.25, 0.3) is 0 Å². The van der Waals surface area contributed by atoms with Gasteiger partial charge in [0.15, 0.2) is 0 Å². The van der Waals surface area contributed by atoms with Crippen molar-refractivity contribution in [3.8, 4) is 0 Å². The molecule has 2 N–H and O–H groups in total. The van der Waals surface area contributed by atoms with Gasteiger partial charge in [-0.2, -0.15) is 0 Å². The number of H-pyrrole nitrogens is 1. The molecule has 0 spiro atoms. The summed E-state index contributed by atoms with van der Waals surface area (Å²) in [5.41, 5.74) is 2.21. The largest absolute Gasteiger partial charge is 0.364 e. The molecule has 4 nitrogen and oxygen atoms in total. The summed E-state index contributed by atoms with van der Waals surface area (Å²) >= 11 is 0. The number of pyridine rings is 1. The van der Waals surface area contributed by atoms with Crippen molar-refractivity contribution in [1.82, 2.24) is 15.0 Å². The molecular weight excluding hydrogens is 176 g/mol. The maximum atomic E-state index is 4.23. The summed E-state index contributed by atoms with van der Waals surface area (Å²) in [5, 5.41) is 3.19. The van der Waals surface area contributed by atoms with Gasteiger partial charge in [0.1, 0.15) is 5.82 Å². The maximum absolute atomic E-state index is 4.23. The predicted octanol–water partition coefficient (Wildman–Crippen LogP) is 1.73. The van der Waals surface area contributed by atoms with Crippen LogP contribution in [0.1, 0.15) is 11.3 Å². The quantitative estimate of drug-likeness (QED) is 0.771. The van der Waals surface area contributed by atoms with Crippen LogP contribution >= 0.6 is 0 Å². The Labute approximate surface area is 82.4 Å². The number of nitrogens with one attached hydrogen (secondary N) is 2. The highest BCUT2D eigenvalue weighted by atomic mass is 15.0. The Morgan fingerprint density at radius 2 is 2.29 bits per heavy atom. The first kappa shape index (κ1) is 8.74. The number of aromatic nitrogens is 3. The molecule has 0 unspecified atom stereocenters. The summed E-state index contributed by atoms with van der Waals surface area (Å²) in [4.78, 5) is 11.2. The molecule has 0 aliphatic rings. The third-order valence-electron chi connectivity index (χ3n) is 1.93. The van der Waals surface area contributed by atoms with Crippen molar-refractivity contribution in [3.63, 3.8) is 0 Å². The molecule has 4 heteroatoms. The summed E-state index contributed by atoms with van der Waals surface area (Å²) in [6, 6.07) is 3.99. The molecule has 0 atom stereocenters. The van der Waals surface area contributed by atoms with Crippen molar-refractivity contribution in [2.24, 2.45) is 0 Å². The first-order valence-electron chi connectivity index (χ1n) is 4.48. The highest BCUT2D eigenvalue weighted by Crippen LogP contribution is 2.05. The first-order chi connectivity index (χ1) is 6.84. The standard InChI is InChI=1S/C10H12N4/c1-8-2-3-10(12-4-8)13-6-9-5-11-7-14-9/h2-5,7H,6H2,1H3,(H,11,14)(H,12,13). The van der Waals surface area contributed by atoms with Gasteiger partial charge in [0.05, 0.1) is 18.6 Å². The minimum absolute atomic E-state index is 0.718. The number of rotatable bonds is 3. The van der Waals surface area contributed by atoms with Crippen LogP contribution in [0.25, 0.3) is 0 Å². The Morgan fingerprint density at radius 3 is 2.93 bits per heavy atom. The highest BCUT2D eigenvalue weighted by molar-refractivity contribution is 5.35. The Bertz CT molecular complexity index is 377. The van der Waals surface area contributed by atoms with Crippen LogP contribution in [0.3, 0.4) is 0 Å². The normalized spacial score (nSPS) is 10.1. The van der Waals surface area contributed by atoms with Gasteiger partial charge in [-0.25, -0.2) is 9.97 Å². The van der Waals surface area contributed by atoms with Crippen molar-refractivity contribution in [2.45, 2.75) is 13.5 Å². The summed E-state index contributed by atoms with van der Waals surface area (Å²) in [6.07, 6.45) is 5.30. The topological polar surface area (TPSA) is 53.6 Å². The average molecular weight is 188 g/mol. The van der Waals surface area contributed by atoms with Crippen molar-refractivity contribution in [1.29, 1.82) is 0 Å². The summed E-state index contributed by atoms with van der Waals surface area (Å²) in [5.74, 6) is 0.880. The van der Waals surface area contributed by atoms with E-state index in [1.807, 2.05) is 25.3 Å². The van der Waals surface area contributed by atoms with Crippen LogP contribution in [0, 0.1) is 6.92 Å². The fourth-order valence-electron chi connectivity index (χ4n) is 1.14. The van der Waals surface area contributed by atoms with Crippen LogP contribution in [0.15, 0.2) is 30.9 Å². The zero-order valence-electron chi connectivity index (χ0n) is 7.99. The maximum Gasteiger partial charge on any atom is 0.126 e. The van der Waals surface area contributed by atoms with Crippen LogP contribution < -0.4 is 5.32 Å². The monoisotopic (exact) mass is 188 g/mol. The molecule has 72 valence electrons. The van der Waals surface area contributed by atoms with E-state index in [1.54, 1.807) is 12.5 Å². The van der Waals surface area contributed by atoms with Gasteiger partial charge in [-0.15, -0.1) is 0 Å². The van der Waals surface area contributed by atoms with Crippen molar-refractivity contribution in [2.75, 3.05) is 5.32 Å². The first-order valence-corrected chi connectivity index (χ1v) is 4.48. The molecule has 2 heterocycles. The van der Waals surface area contributed by atoms with Crippen LogP contribution in [-0.2, 0) is 6.54 Å². The zero-order valence-corrected chi connectivity index (χ0v) is 7.99.